The molecule has 31 heavy (non-hydrogen) atoms. The first-order chi connectivity index (χ1) is 14.5. The number of sulfonamides is 1. The molecule has 1 amide bonds. The lowest BCUT2D eigenvalue weighted by Gasteiger charge is -2.22. The minimum atomic E-state index is -4.45. The van der Waals surface area contributed by atoms with Gasteiger partial charge in [-0.15, -0.1) is 0 Å². The van der Waals surface area contributed by atoms with Crippen molar-refractivity contribution in [1.82, 2.24) is 4.31 Å². The van der Waals surface area contributed by atoms with Crippen LogP contribution in [-0.2, 0) is 21.0 Å². The number of amides is 1. The third kappa shape index (κ3) is 5.47. The van der Waals surface area contributed by atoms with E-state index in [-0.39, 0.29) is 23.7 Å². The van der Waals surface area contributed by atoms with Crippen LogP contribution in [0.2, 0.25) is 0 Å². The molecule has 2 aromatic rings. The Hall–Kier alpha value is -2.79. The summed E-state index contributed by atoms with van der Waals surface area (Å²) in [6, 6.07) is 7.86. The fourth-order valence-corrected chi connectivity index (χ4v) is 4.44. The largest absolute Gasteiger partial charge is 0.495 e. The number of nitrogens with one attached hydrogen (secondary N) is 1. The summed E-state index contributed by atoms with van der Waals surface area (Å²) in [6.45, 7) is 0.269. The van der Waals surface area contributed by atoms with Gasteiger partial charge in [0.1, 0.15) is 23.3 Å². The zero-order chi connectivity index (χ0) is 22.8. The number of methoxy groups -OCH3 is 1. The molecule has 0 aliphatic carbocycles. The summed E-state index contributed by atoms with van der Waals surface area (Å²) in [7, 11) is -2.13. The van der Waals surface area contributed by atoms with Gasteiger partial charge in [0.25, 0.3) is 0 Å². The van der Waals surface area contributed by atoms with E-state index in [9.17, 15) is 26.4 Å². The van der Waals surface area contributed by atoms with Crippen LogP contribution in [0.25, 0.3) is 0 Å². The Balaban J connectivity index is 1.78. The molecule has 0 radical (unpaired) electrons. The average Bonchev–Trinajstić information content (AvgIpc) is 3.19. The maximum atomic E-state index is 12.7. The molecule has 0 spiro atoms. The minimum absolute atomic E-state index is 0.175. The van der Waals surface area contributed by atoms with Crippen molar-refractivity contribution in [3.8, 4) is 17.2 Å². The second-order valence-electron chi connectivity index (χ2n) is 7.01. The van der Waals surface area contributed by atoms with E-state index in [1.54, 1.807) is 0 Å². The van der Waals surface area contributed by atoms with Crippen molar-refractivity contribution >= 4 is 21.6 Å². The Morgan fingerprint density at radius 2 is 1.77 bits per heavy atom. The normalized spacial score (nSPS) is 17.4. The fraction of sp³-hybridized carbons (Fsp3) is 0.350. The van der Waals surface area contributed by atoms with Crippen LogP contribution in [0, 0.1) is 0 Å². The van der Waals surface area contributed by atoms with Gasteiger partial charge in [0.15, 0.2) is 0 Å². The molecule has 1 N–H and O–H groups in total. The van der Waals surface area contributed by atoms with Gasteiger partial charge in [-0.25, -0.2) is 8.42 Å². The van der Waals surface area contributed by atoms with E-state index < -0.39 is 33.7 Å². The number of halogens is 3. The van der Waals surface area contributed by atoms with Gasteiger partial charge in [-0.3, -0.25) is 4.79 Å². The van der Waals surface area contributed by atoms with E-state index in [1.807, 2.05) is 0 Å². The van der Waals surface area contributed by atoms with Crippen LogP contribution < -0.4 is 14.8 Å². The summed E-state index contributed by atoms with van der Waals surface area (Å²) >= 11 is 0. The molecule has 1 saturated heterocycles. The third-order valence-electron chi connectivity index (χ3n) is 4.78. The van der Waals surface area contributed by atoms with Crippen LogP contribution in [0.3, 0.4) is 0 Å². The molecular weight excluding hydrogens is 437 g/mol. The standard InChI is InChI=1S/C20H21F3N2O5S/c1-29-18-10-9-15(30-14-7-5-13(6-8-14)20(21,22)23)12-16(18)24-19(26)17-4-3-11-25(17)31(2,27)28/h5-10,12,17H,3-4,11H2,1-2H3,(H,24,26). The second-order valence-corrected chi connectivity index (χ2v) is 8.94. The monoisotopic (exact) mass is 458 g/mol. The fourth-order valence-electron chi connectivity index (χ4n) is 3.31. The first-order valence-electron chi connectivity index (χ1n) is 9.30. The number of carbonyl (C=O) groups is 1. The van der Waals surface area contributed by atoms with Crippen molar-refractivity contribution in [3.63, 3.8) is 0 Å². The highest BCUT2D eigenvalue weighted by molar-refractivity contribution is 7.88. The summed E-state index contributed by atoms with van der Waals surface area (Å²) in [5.41, 5.74) is -0.549. The molecule has 3 rings (SSSR count). The van der Waals surface area contributed by atoms with Crippen molar-refractivity contribution in [3.05, 3.63) is 48.0 Å². The molecule has 1 aliphatic rings. The lowest BCUT2D eigenvalue weighted by Crippen LogP contribution is -2.42. The van der Waals surface area contributed by atoms with Gasteiger partial charge < -0.3 is 14.8 Å². The topological polar surface area (TPSA) is 84.9 Å². The summed E-state index contributed by atoms with van der Waals surface area (Å²) in [6.07, 6.45) is -2.43. The van der Waals surface area contributed by atoms with E-state index >= 15 is 0 Å². The molecule has 0 bridgehead atoms. The highest BCUT2D eigenvalue weighted by Gasteiger charge is 2.36. The highest BCUT2D eigenvalue weighted by Crippen LogP contribution is 2.34. The van der Waals surface area contributed by atoms with E-state index in [0.29, 0.717) is 18.6 Å². The average molecular weight is 458 g/mol. The van der Waals surface area contributed by atoms with Gasteiger partial charge in [-0.1, -0.05) is 0 Å². The number of ether oxygens (including phenoxy) is 2. The predicted octanol–water partition coefficient (Wildman–Crippen LogP) is 3.87. The van der Waals surface area contributed by atoms with Gasteiger partial charge in [-0.2, -0.15) is 17.5 Å². The first kappa shape index (κ1) is 22.9. The van der Waals surface area contributed by atoms with Crippen LogP contribution in [0.1, 0.15) is 18.4 Å². The number of alkyl halides is 3. The van der Waals surface area contributed by atoms with E-state index in [0.717, 1.165) is 22.7 Å². The van der Waals surface area contributed by atoms with Crippen molar-refractivity contribution in [2.75, 3.05) is 25.2 Å². The molecule has 11 heteroatoms. The zero-order valence-electron chi connectivity index (χ0n) is 16.8. The summed E-state index contributed by atoms with van der Waals surface area (Å²) < 4.78 is 73.9. The Morgan fingerprint density at radius 1 is 1.13 bits per heavy atom. The summed E-state index contributed by atoms with van der Waals surface area (Å²) in [5.74, 6) is 0.238. The SMILES string of the molecule is COc1ccc(Oc2ccc(C(F)(F)F)cc2)cc1NC(=O)C1CCCN1S(C)(=O)=O. The van der Waals surface area contributed by atoms with Crippen molar-refractivity contribution in [1.29, 1.82) is 0 Å². The van der Waals surface area contributed by atoms with Crippen molar-refractivity contribution in [2.24, 2.45) is 0 Å². The molecule has 0 aromatic heterocycles. The van der Waals surface area contributed by atoms with E-state index in [1.165, 1.54) is 37.4 Å². The number of benzene rings is 2. The van der Waals surface area contributed by atoms with Crippen molar-refractivity contribution in [2.45, 2.75) is 25.1 Å². The molecule has 0 saturated carbocycles. The van der Waals surface area contributed by atoms with Crippen LogP contribution in [-0.4, -0.2) is 44.6 Å². The number of carbonyl (C=O) groups excluding carboxylic acids is 1. The Morgan fingerprint density at radius 3 is 2.35 bits per heavy atom. The van der Waals surface area contributed by atoms with Crippen LogP contribution in [0.15, 0.2) is 42.5 Å². The van der Waals surface area contributed by atoms with Gasteiger partial charge in [0.2, 0.25) is 15.9 Å². The second kappa shape index (κ2) is 8.75. The molecule has 1 atom stereocenters. The number of nitrogens with zero attached hydrogens (tertiary/aromatic N) is 1. The maximum absolute atomic E-state index is 12.7. The molecule has 1 heterocycles. The highest BCUT2D eigenvalue weighted by atomic mass is 32.2. The quantitative estimate of drug-likeness (QED) is 0.711. The lowest BCUT2D eigenvalue weighted by atomic mass is 10.2. The van der Waals surface area contributed by atoms with Crippen LogP contribution in [0.4, 0.5) is 18.9 Å². The van der Waals surface area contributed by atoms with E-state index in [4.69, 9.17) is 9.47 Å². The molecule has 168 valence electrons. The van der Waals surface area contributed by atoms with Crippen LogP contribution >= 0.6 is 0 Å². The van der Waals surface area contributed by atoms with Gasteiger partial charge >= 0.3 is 6.18 Å². The Kier molecular flexibility index (Phi) is 6.46. The molecular formula is C20H21F3N2O5S. The molecule has 1 fully saturated rings. The molecule has 1 unspecified atom stereocenters. The van der Waals surface area contributed by atoms with Gasteiger partial charge in [-0.05, 0) is 49.2 Å². The molecule has 7 nitrogen and oxygen atoms in total. The maximum Gasteiger partial charge on any atom is 0.416 e. The van der Waals surface area contributed by atoms with Crippen LogP contribution in [0.5, 0.6) is 17.2 Å². The van der Waals surface area contributed by atoms with Gasteiger partial charge in [0.05, 0.1) is 24.6 Å². The summed E-state index contributed by atoms with van der Waals surface area (Å²) in [4.78, 5) is 12.7. The first-order valence-corrected chi connectivity index (χ1v) is 11.1. The van der Waals surface area contributed by atoms with Gasteiger partial charge in [0, 0.05) is 12.6 Å². The summed E-state index contributed by atoms with van der Waals surface area (Å²) in [5, 5.41) is 2.66. The smallest absolute Gasteiger partial charge is 0.416 e. The zero-order valence-corrected chi connectivity index (χ0v) is 17.6. The number of anilines is 1. The number of hydrogen-bond donors (Lipinski definition) is 1. The Labute approximate surface area is 177 Å². The molecule has 1 aliphatic heterocycles. The number of rotatable bonds is 6. The number of hydrogen-bond acceptors (Lipinski definition) is 5. The Bertz CT molecular complexity index is 1060. The minimum Gasteiger partial charge on any atom is -0.495 e. The van der Waals surface area contributed by atoms with Crippen molar-refractivity contribution < 1.29 is 35.9 Å². The lowest BCUT2D eigenvalue weighted by molar-refractivity contribution is -0.137. The molecule has 2 aromatic carbocycles. The predicted molar refractivity (Wildman–Crippen MR) is 108 cm³/mol. The third-order valence-corrected chi connectivity index (χ3v) is 6.07. The van der Waals surface area contributed by atoms with E-state index in [2.05, 4.69) is 5.32 Å².